The standard InChI is InChI=1S/C34H47N5O3S/c1-24-32(26-9-4-2-5-10-26)42-34(36-24)38-20-21-39(29(23-38)30(40)17-16-28-11-8-22-43-28)33(41)31(35)25-12-14-27(15-13-25)37-18-6-3-7-19-37/h2,4-5,8-11,22,24-25,27,29,31-32H,3,6-7,12-21,23,35H2,1H3/t24-,25?,27?,29-,31+,32+/m0/s1. The Labute approximate surface area is 260 Å². The van der Waals surface area contributed by atoms with Crippen LogP contribution in [0.3, 0.4) is 0 Å². The van der Waals surface area contributed by atoms with Gasteiger partial charge in [0.2, 0.25) is 5.91 Å². The molecule has 1 aromatic carbocycles. The van der Waals surface area contributed by atoms with E-state index in [1.54, 1.807) is 16.2 Å². The zero-order valence-electron chi connectivity index (χ0n) is 25.5. The van der Waals surface area contributed by atoms with Gasteiger partial charge in [0.1, 0.15) is 12.1 Å². The van der Waals surface area contributed by atoms with Crippen LogP contribution in [-0.2, 0) is 20.7 Å². The van der Waals surface area contributed by atoms with Crippen LogP contribution in [-0.4, -0.2) is 89.3 Å². The Balaban J connectivity index is 1.12. The van der Waals surface area contributed by atoms with Gasteiger partial charge < -0.3 is 25.2 Å². The number of hydrogen-bond donors (Lipinski definition) is 1. The Morgan fingerprint density at radius 1 is 1.00 bits per heavy atom. The third kappa shape index (κ3) is 6.99. The van der Waals surface area contributed by atoms with Crippen molar-refractivity contribution >= 4 is 29.0 Å². The second-order valence-corrected chi connectivity index (χ2v) is 13.9. The summed E-state index contributed by atoms with van der Waals surface area (Å²) in [6.07, 6.45) is 9.06. The SMILES string of the molecule is C[C@@H]1N=C(N2CCN(C(=O)[C@H](N)C3CCC(N4CCCCC4)CC3)[C@H](C(=O)CCc3cccs3)C2)O[C@H]1c1ccccc1. The molecule has 3 aliphatic heterocycles. The summed E-state index contributed by atoms with van der Waals surface area (Å²) in [5, 5.41) is 2.04. The van der Waals surface area contributed by atoms with Crippen molar-refractivity contribution in [2.75, 3.05) is 32.7 Å². The fourth-order valence-corrected chi connectivity index (χ4v) is 8.21. The van der Waals surface area contributed by atoms with Crippen molar-refractivity contribution in [2.45, 2.75) is 95.0 Å². The fourth-order valence-electron chi connectivity index (χ4n) is 7.50. The summed E-state index contributed by atoms with van der Waals surface area (Å²) in [6, 6.07) is 14.3. The lowest BCUT2D eigenvalue weighted by Crippen LogP contribution is -2.63. The van der Waals surface area contributed by atoms with Gasteiger partial charge in [-0.3, -0.25) is 9.59 Å². The van der Waals surface area contributed by atoms with E-state index in [0.29, 0.717) is 44.5 Å². The first kappa shape index (κ1) is 30.3. The highest BCUT2D eigenvalue weighted by atomic mass is 32.1. The molecule has 2 N–H and O–H groups in total. The smallest absolute Gasteiger partial charge is 0.288 e. The molecule has 1 aliphatic carbocycles. The molecule has 2 aromatic rings. The van der Waals surface area contributed by atoms with Gasteiger partial charge in [-0.1, -0.05) is 42.8 Å². The highest BCUT2D eigenvalue weighted by Crippen LogP contribution is 2.33. The van der Waals surface area contributed by atoms with Crippen LogP contribution in [0.5, 0.6) is 0 Å². The number of rotatable bonds is 8. The maximum absolute atomic E-state index is 14.0. The molecule has 0 radical (unpaired) electrons. The molecule has 4 atom stereocenters. The summed E-state index contributed by atoms with van der Waals surface area (Å²) in [7, 11) is 0. The predicted octanol–water partition coefficient (Wildman–Crippen LogP) is 4.65. The molecule has 2 saturated heterocycles. The van der Waals surface area contributed by atoms with Crippen molar-refractivity contribution in [3.63, 3.8) is 0 Å². The van der Waals surface area contributed by atoms with Gasteiger partial charge in [-0.15, -0.1) is 11.3 Å². The Bertz CT molecular complexity index is 1240. The number of piperazine rings is 1. The summed E-state index contributed by atoms with van der Waals surface area (Å²) in [4.78, 5) is 40.3. The predicted molar refractivity (Wildman–Crippen MR) is 171 cm³/mol. The number of amidine groups is 1. The van der Waals surface area contributed by atoms with Crippen molar-refractivity contribution in [1.82, 2.24) is 14.7 Å². The molecular weight excluding hydrogens is 558 g/mol. The first-order valence-corrected chi connectivity index (χ1v) is 17.3. The summed E-state index contributed by atoms with van der Waals surface area (Å²) >= 11 is 1.67. The largest absolute Gasteiger partial charge is 0.455 e. The molecule has 232 valence electrons. The number of nitrogens with zero attached hydrogens (tertiary/aromatic N) is 4. The number of piperidine rings is 1. The third-order valence-corrected chi connectivity index (χ3v) is 11.0. The minimum Gasteiger partial charge on any atom is -0.455 e. The summed E-state index contributed by atoms with van der Waals surface area (Å²) in [5.41, 5.74) is 7.83. The number of benzene rings is 1. The van der Waals surface area contributed by atoms with Crippen molar-refractivity contribution in [3.05, 3.63) is 58.3 Å². The number of aliphatic imine (C=N–C) groups is 1. The van der Waals surface area contributed by atoms with Crippen LogP contribution in [0.1, 0.15) is 74.8 Å². The van der Waals surface area contributed by atoms with Gasteiger partial charge in [0.15, 0.2) is 5.78 Å². The molecule has 4 aliphatic rings. The molecule has 3 fully saturated rings. The molecule has 6 rings (SSSR count). The van der Waals surface area contributed by atoms with Crippen LogP contribution < -0.4 is 5.73 Å². The number of ether oxygens (including phenoxy) is 1. The Morgan fingerprint density at radius 3 is 2.49 bits per heavy atom. The van der Waals surface area contributed by atoms with E-state index in [1.807, 2.05) is 29.6 Å². The van der Waals surface area contributed by atoms with Gasteiger partial charge in [-0.25, -0.2) is 4.99 Å². The minimum atomic E-state index is -0.566. The topological polar surface area (TPSA) is 91.5 Å². The molecule has 4 heterocycles. The Hall–Kier alpha value is -2.75. The molecule has 8 nitrogen and oxygen atoms in total. The normalized spacial score (nSPS) is 29.2. The number of nitrogens with two attached hydrogens (primary N) is 1. The third-order valence-electron chi connectivity index (χ3n) is 10.1. The van der Waals surface area contributed by atoms with Gasteiger partial charge in [0, 0.05) is 37.0 Å². The van der Waals surface area contributed by atoms with Crippen molar-refractivity contribution in [3.8, 4) is 0 Å². The highest BCUT2D eigenvalue weighted by molar-refractivity contribution is 7.09. The molecule has 9 heteroatoms. The number of thiophene rings is 1. The first-order valence-electron chi connectivity index (χ1n) is 16.4. The fraction of sp³-hybridized carbons (Fsp3) is 0.618. The second-order valence-electron chi connectivity index (χ2n) is 12.8. The van der Waals surface area contributed by atoms with Crippen LogP contribution in [0.25, 0.3) is 0 Å². The maximum atomic E-state index is 14.0. The van der Waals surface area contributed by atoms with E-state index in [2.05, 4.69) is 34.9 Å². The molecule has 0 spiro atoms. The molecule has 0 unspecified atom stereocenters. The van der Waals surface area contributed by atoms with Crippen LogP contribution >= 0.6 is 11.3 Å². The zero-order valence-corrected chi connectivity index (χ0v) is 26.3. The molecule has 43 heavy (non-hydrogen) atoms. The quantitative estimate of drug-likeness (QED) is 0.471. The van der Waals surface area contributed by atoms with Crippen molar-refractivity contribution < 1.29 is 14.3 Å². The van der Waals surface area contributed by atoms with Crippen LogP contribution in [0.2, 0.25) is 0 Å². The number of amides is 1. The van der Waals surface area contributed by atoms with E-state index in [0.717, 1.165) is 31.2 Å². The van der Waals surface area contributed by atoms with Gasteiger partial charge in [0.05, 0.1) is 12.1 Å². The van der Waals surface area contributed by atoms with Crippen LogP contribution in [0, 0.1) is 5.92 Å². The van der Waals surface area contributed by atoms with E-state index in [9.17, 15) is 9.59 Å². The molecular formula is C34H47N5O3S. The number of Topliss-reactive ketones (excluding diaryl/α,β-unsaturated/α-hetero) is 1. The van der Waals surface area contributed by atoms with Crippen molar-refractivity contribution in [2.24, 2.45) is 16.6 Å². The van der Waals surface area contributed by atoms with Crippen LogP contribution in [0.15, 0.2) is 52.8 Å². The number of carbonyl (C=O) groups is 2. The van der Waals surface area contributed by atoms with E-state index < -0.39 is 12.1 Å². The average molecular weight is 606 g/mol. The van der Waals surface area contributed by atoms with Gasteiger partial charge in [-0.2, -0.15) is 0 Å². The monoisotopic (exact) mass is 605 g/mol. The lowest BCUT2D eigenvalue weighted by molar-refractivity contribution is -0.144. The number of ketones is 1. The molecule has 1 aromatic heterocycles. The van der Waals surface area contributed by atoms with Gasteiger partial charge in [0.25, 0.3) is 6.02 Å². The van der Waals surface area contributed by atoms with E-state index in [1.165, 1.54) is 37.2 Å². The number of carbonyl (C=O) groups excluding carboxylic acids is 2. The molecule has 1 saturated carbocycles. The zero-order chi connectivity index (χ0) is 29.8. The maximum Gasteiger partial charge on any atom is 0.288 e. The lowest BCUT2D eigenvalue weighted by atomic mass is 9.80. The van der Waals surface area contributed by atoms with E-state index >= 15 is 0 Å². The Kier molecular flexibility index (Phi) is 9.80. The van der Waals surface area contributed by atoms with Crippen LogP contribution in [0.4, 0.5) is 0 Å². The lowest BCUT2D eigenvalue weighted by Gasteiger charge is -2.44. The van der Waals surface area contributed by atoms with E-state index in [-0.39, 0.29) is 29.8 Å². The number of likely N-dealkylation sites (tertiary alicyclic amines) is 1. The van der Waals surface area contributed by atoms with E-state index in [4.69, 9.17) is 15.5 Å². The summed E-state index contributed by atoms with van der Waals surface area (Å²) in [6.45, 7) is 5.88. The van der Waals surface area contributed by atoms with Gasteiger partial charge in [-0.05, 0) is 87.9 Å². The number of aryl methyl sites for hydroxylation is 1. The highest BCUT2D eigenvalue weighted by Gasteiger charge is 2.42. The molecule has 0 bridgehead atoms. The average Bonchev–Trinajstić information content (AvgIpc) is 3.73. The Morgan fingerprint density at radius 2 is 1.77 bits per heavy atom. The minimum absolute atomic E-state index is 0.0291. The first-order chi connectivity index (χ1) is 21.0. The number of hydrogen-bond acceptors (Lipinski definition) is 8. The summed E-state index contributed by atoms with van der Waals surface area (Å²) < 4.78 is 6.38. The van der Waals surface area contributed by atoms with Gasteiger partial charge >= 0.3 is 0 Å². The van der Waals surface area contributed by atoms with Crippen molar-refractivity contribution in [1.29, 1.82) is 0 Å². The molecule has 1 amide bonds. The summed E-state index contributed by atoms with van der Waals surface area (Å²) in [5.74, 6) is 0.183. The second kappa shape index (κ2) is 13.9.